The fourth-order valence-corrected chi connectivity index (χ4v) is 5.59. The van der Waals surface area contributed by atoms with Crippen molar-refractivity contribution in [2.45, 2.75) is 37.8 Å². The zero-order chi connectivity index (χ0) is 25.9. The number of anilines is 4. The molecular weight excluding hydrogens is 476 g/mol. The zero-order valence-corrected chi connectivity index (χ0v) is 22.9. The number of thiocarbonyl (C=S) groups is 1. The van der Waals surface area contributed by atoms with Crippen molar-refractivity contribution >= 4 is 61.9 Å². The maximum Gasteiger partial charge on any atom is 0.171 e. The second-order valence-electron chi connectivity index (χ2n) is 10.3. The van der Waals surface area contributed by atoms with E-state index in [2.05, 4.69) is 115 Å². The molecule has 4 aromatic rings. The number of benzene rings is 3. The summed E-state index contributed by atoms with van der Waals surface area (Å²) in [4.78, 5) is 9.18. The molecule has 0 spiro atoms. The number of rotatable bonds is 6. The zero-order valence-electron chi connectivity index (χ0n) is 22.1. The third kappa shape index (κ3) is 5.57. The Morgan fingerprint density at radius 3 is 2.08 bits per heavy atom. The smallest absolute Gasteiger partial charge is 0.171 e. The van der Waals surface area contributed by atoms with Crippen molar-refractivity contribution in [1.29, 1.82) is 0 Å². The van der Waals surface area contributed by atoms with Crippen molar-refractivity contribution in [3.63, 3.8) is 0 Å². The largest absolute Gasteiger partial charge is 0.377 e. The Kier molecular flexibility index (Phi) is 7.33. The summed E-state index contributed by atoms with van der Waals surface area (Å²) in [6.07, 6.45) is 4.28. The van der Waals surface area contributed by atoms with Crippen LogP contribution in [0.4, 0.5) is 22.9 Å². The Balaban J connectivity index is 1.19. The number of para-hydroxylation sites is 1. The number of pyridine rings is 1. The Bertz CT molecular complexity index is 1410. The van der Waals surface area contributed by atoms with Gasteiger partial charge in [0.25, 0.3) is 0 Å². The molecule has 0 aliphatic heterocycles. The summed E-state index contributed by atoms with van der Waals surface area (Å²) >= 11 is 5.72. The summed E-state index contributed by atoms with van der Waals surface area (Å²) in [7, 11) is 8.31. The van der Waals surface area contributed by atoms with Crippen molar-refractivity contribution < 1.29 is 0 Å². The first kappa shape index (κ1) is 25.1. The molecule has 37 heavy (non-hydrogen) atoms. The molecule has 1 aromatic heterocycles. The van der Waals surface area contributed by atoms with Gasteiger partial charge in [-0.3, -0.25) is 0 Å². The molecule has 0 amide bonds. The van der Waals surface area contributed by atoms with Crippen LogP contribution in [0.15, 0.2) is 66.7 Å². The molecule has 5 rings (SSSR count). The summed E-state index contributed by atoms with van der Waals surface area (Å²) in [5.74, 6) is 0.948. The van der Waals surface area contributed by atoms with E-state index < -0.39 is 0 Å². The summed E-state index contributed by atoms with van der Waals surface area (Å²) in [6.45, 7) is 0. The van der Waals surface area contributed by atoms with Gasteiger partial charge in [0.1, 0.15) is 5.82 Å². The minimum atomic E-state index is 0.368. The van der Waals surface area contributed by atoms with E-state index in [1.54, 1.807) is 0 Å². The summed E-state index contributed by atoms with van der Waals surface area (Å²) < 4.78 is 0. The van der Waals surface area contributed by atoms with Gasteiger partial charge in [0.15, 0.2) is 5.11 Å². The predicted molar refractivity (Wildman–Crippen MR) is 163 cm³/mol. The molecule has 0 unspecified atom stereocenters. The van der Waals surface area contributed by atoms with Crippen LogP contribution in [-0.4, -0.2) is 50.4 Å². The molecular formula is C30H36N6S. The lowest BCUT2D eigenvalue weighted by molar-refractivity contribution is 0.388. The van der Waals surface area contributed by atoms with Gasteiger partial charge in [-0.2, -0.15) is 0 Å². The molecule has 192 valence electrons. The molecule has 1 fully saturated rings. The molecule has 0 bridgehead atoms. The van der Waals surface area contributed by atoms with Gasteiger partial charge in [-0.05, 0) is 56.1 Å². The highest BCUT2D eigenvalue weighted by Crippen LogP contribution is 2.32. The van der Waals surface area contributed by atoms with Crippen molar-refractivity contribution in [2.75, 3.05) is 48.6 Å². The van der Waals surface area contributed by atoms with Crippen LogP contribution < -0.4 is 25.8 Å². The highest BCUT2D eigenvalue weighted by Gasteiger charge is 2.22. The first-order valence-corrected chi connectivity index (χ1v) is 13.4. The minimum absolute atomic E-state index is 0.368. The molecule has 1 heterocycles. The van der Waals surface area contributed by atoms with Gasteiger partial charge in [0.05, 0.1) is 5.52 Å². The molecule has 3 N–H and O–H groups in total. The standard InChI is InChI=1S/C30H36N6S/c1-35(2)27-18-17-26(22-9-5-6-10-23(22)27)34-30(37)32-21-15-13-20(14-16-21)31-29-19-28(36(3)4)24-11-7-8-12-25(24)33-29/h5-12,17-21H,13-16H2,1-4H3,(H,31,33)(H2,32,34,37)/t20-,21+. The number of fused-ring (bicyclic) bond motifs is 2. The van der Waals surface area contributed by atoms with Crippen LogP contribution in [0.3, 0.4) is 0 Å². The quantitative estimate of drug-likeness (QED) is 0.265. The Hall–Kier alpha value is -3.58. The van der Waals surface area contributed by atoms with Gasteiger partial charge >= 0.3 is 0 Å². The van der Waals surface area contributed by atoms with Crippen molar-refractivity contribution in [3.05, 3.63) is 66.7 Å². The van der Waals surface area contributed by atoms with Gasteiger partial charge < -0.3 is 25.8 Å². The average molecular weight is 513 g/mol. The van der Waals surface area contributed by atoms with E-state index in [1.165, 1.54) is 27.5 Å². The van der Waals surface area contributed by atoms with E-state index in [0.717, 1.165) is 42.7 Å². The second-order valence-corrected chi connectivity index (χ2v) is 10.7. The number of hydrogen-bond acceptors (Lipinski definition) is 5. The van der Waals surface area contributed by atoms with Gasteiger partial charge in [0, 0.05) is 79.6 Å². The third-order valence-corrected chi connectivity index (χ3v) is 7.44. The van der Waals surface area contributed by atoms with E-state index in [4.69, 9.17) is 17.2 Å². The number of hydrogen-bond donors (Lipinski definition) is 3. The van der Waals surface area contributed by atoms with Crippen molar-refractivity contribution in [1.82, 2.24) is 10.3 Å². The van der Waals surface area contributed by atoms with Gasteiger partial charge in [-0.15, -0.1) is 0 Å². The van der Waals surface area contributed by atoms with E-state index in [-0.39, 0.29) is 0 Å². The van der Waals surface area contributed by atoms with Crippen LogP contribution in [0.25, 0.3) is 21.7 Å². The highest BCUT2D eigenvalue weighted by atomic mass is 32.1. The van der Waals surface area contributed by atoms with Gasteiger partial charge in [-0.25, -0.2) is 4.98 Å². The number of aromatic nitrogens is 1. The van der Waals surface area contributed by atoms with E-state index >= 15 is 0 Å². The van der Waals surface area contributed by atoms with E-state index in [1.807, 2.05) is 6.07 Å². The molecule has 0 radical (unpaired) electrons. The molecule has 1 aliphatic carbocycles. The Morgan fingerprint density at radius 2 is 1.38 bits per heavy atom. The molecule has 0 atom stereocenters. The molecule has 7 heteroatoms. The second kappa shape index (κ2) is 10.8. The normalized spacial score (nSPS) is 17.4. The first-order valence-electron chi connectivity index (χ1n) is 13.0. The summed E-state index contributed by atoms with van der Waals surface area (Å²) in [5, 5.41) is 15.0. The van der Waals surface area contributed by atoms with E-state index in [0.29, 0.717) is 17.2 Å². The van der Waals surface area contributed by atoms with Crippen molar-refractivity contribution in [3.8, 4) is 0 Å². The minimum Gasteiger partial charge on any atom is -0.377 e. The predicted octanol–water partition coefficient (Wildman–Crippen LogP) is 6.23. The Morgan fingerprint density at radius 1 is 0.757 bits per heavy atom. The maximum atomic E-state index is 5.72. The highest BCUT2D eigenvalue weighted by molar-refractivity contribution is 7.80. The summed E-state index contributed by atoms with van der Waals surface area (Å²) in [5.41, 5.74) is 4.44. The third-order valence-electron chi connectivity index (χ3n) is 7.22. The van der Waals surface area contributed by atoms with Gasteiger partial charge in [0.2, 0.25) is 0 Å². The van der Waals surface area contributed by atoms with Crippen LogP contribution in [0.1, 0.15) is 25.7 Å². The SMILES string of the molecule is CN(C)c1cc(N[C@H]2CC[C@@H](NC(=S)Nc3ccc(N(C)C)c4ccccc34)CC2)nc2ccccc12. The van der Waals surface area contributed by atoms with Crippen LogP contribution in [-0.2, 0) is 0 Å². The summed E-state index contributed by atoms with van der Waals surface area (Å²) in [6, 6.07) is 24.0. The van der Waals surface area contributed by atoms with Crippen LogP contribution in [0.5, 0.6) is 0 Å². The topological polar surface area (TPSA) is 55.5 Å². The molecule has 1 saturated carbocycles. The fourth-order valence-electron chi connectivity index (χ4n) is 5.32. The Labute approximate surface area is 225 Å². The fraction of sp³-hybridized carbons (Fsp3) is 0.333. The molecule has 6 nitrogen and oxygen atoms in total. The lowest BCUT2D eigenvalue weighted by Gasteiger charge is -2.31. The molecule has 3 aromatic carbocycles. The molecule has 1 aliphatic rings. The maximum absolute atomic E-state index is 5.72. The van der Waals surface area contributed by atoms with Crippen LogP contribution >= 0.6 is 12.2 Å². The molecule has 0 saturated heterocycles. The monoisotopic (exact) mass is 512 g/mol. The lowest BCUT2D eigenvalue weighted by atomic mass is 9.91. The van der Waals surface area contributed by atoms with Crippen LogP contribution in [0.2, 0.25) is 0 Å². The number of nitrogens with one attached hydrogen (secondary N) is 3. The number of nitrogens with zero attached hydrogens (tertiary/aromatic N) is 3. The van der Waals surface area contributed by atoms with Gasteiger partial charge in [-0.1, -0.05) is 42.5 Å². The van der Waals surface area contributed by atoms with Crippen LogP contribution in [0, 0.1) is 0 Å². The lowest BCUT2D eigenvalue weighted by Crippen LogP contribution is -2.42. The van der Waals surface area contributed by atoms with E-state index in [9.17, 15) is 0 Å². The average Bonchev–Trinajstić information content (AvgIpc) is 2.89. The first-order chi connectivity index (χ1) is 17.9. The van der Waals surface area contributed by atoms with Crippen molar-refractivity contribution in [2.24, 2.45) is 0 Å².